The largest absolute Gasteiger partial charge is 0.459 e. The number of nitro benzene ring substituents is 1. The number of esters is 1. The molecule has 36 heavy (non-hydrogen) atoms. The molecule has 1 N–H and O–H groups in total. The number of nitrogens with one attached hydrogen (secondary N) is 1. The van der Waals surface area contributed by atoms with Crippen molar-refractivity contribution in [3.63, 3.8) is 0 Å². The maximum atomic E-state index is 13.0. The van der Waals surface area contributed by atoms with Crippen LogP contribution in [0.1, 0.15) is 53.2 Å². The number of nitro groups is 1. The lowest BCUT2D eigenvalue weighted by atomic mass is 9.95. The Kier molecular flexibility index (Phi) is 7.31. The van der Waals surface area contributed by atoms with Crippen molar-refractivity contribution in [1.82, 2.24) is 0 Å². The number of hydrogen-bond donors (Lipinski definition) is 1. The Labute approximate surface area is 211 Å². The highest BCUT2D eigenvalue weighted by Crippen LogP contribution is 2.39. The summed E-state index contributed by atoms with van der Waals surface area (Å²) in [4.78, 5) is 37.2. The first kappa shape index (κ1) is 24.9. The van der Waals surface area contributed by atoms with E-state index in [0.717, 1.165) is 36.1 Å². The van der Waals surface area contributed by atoms with Crippen LogP contribution in [-0.4, -0.2) is 22.9 Å². The van der Waals surface area contributed by atoms with Crippen LogP contribution in [0.4, 0.5) is 10.7 Å². The summed E-state index contributed by atoms with van der Waals surface area (Å²) in [5.41, 5.74) is 1.65. The molecule has 0 atom stereocenters. The van der Waals surface area contributed by atoms with Crippen LogP contribution in [0.5, 0.6) is 0 Å². The molecule has 0 radical (unpaired) electrons. The molecular formula is C26H23N3O6S. The fourth-order valence-electron chi connectivity index (χ4n) is 3.94. The molecule has 2 heterocycles. The molecule has 0 aliphatic heterocycles. The number of rotatable bonds is 7. The molecule has 0 spiro atoms. The minimum Gasteiger partial charge on any atom is -0.459 e. The second kappa shape index (κ2) is 10.6. The molecule has 1 aromatic carbocycles. The van der Waals surface area contributed by atoms with Crippen LogP contribution in [0.25, 0.3) is 17.4 Å². The normalized spacial score (nSPS) is 13.1. The average molecular weight is 506 g/mol. The van der Waals surface area contributed by atoms with Gasteiger partial charge in [0.2, 0.25) is 0 Å². The third-order valence-electron chi connectivity index (χ3n) is 5.59. The number of benzene rings is 1. The molecule has 0 fully saturated rings. The van der Waals surface area contributed by atoms with Gasteiger partial charge in [0.15, 0.2) is 0 Å². The molecule has 0 unspecified atom stereocenters. The van der Waals surface area contributed by atoms with Gasteiger partial charge in [-0.05, 0) is 69.4 Å². The van der Waals surface area contributed by atoms with Crippen molar-refractivity contribution in [2.45, 2.75) is 45.6 Å². The topological polar surface area (TPSA) is 135 Å². The summed E-state index contributed by atoms with van der Waals surface area (Å²) in [6.07, 6.45) is 4.54. The van der Waals surface area contributed by atoms with Gasteiger partial charge in [-0.25, -0.2) is 4.79 Å². The summed E-state index contributed by atoms with van der Waals surface area (Å²) < 4.78 is 11.1. The number of furan rings is 1. The van der Waals surface area contributed by atoms with Gasteiger partial charge in [-0.3, -0.25) is 14.9 Å². The van der Waals surface area contributed by atoms with E-state index in [0.29, 0.717) is 21.9 Å². The Morgan fingerprint density at radius 1 is 1.19 bits per heavy atom. The maximum Gasteiger partial charge on any atom is 0.341 e. The van der Waals surface area contributed by atoms with Crippen LogP contribution >= 0.6 is 11.3 Å². The van der Waals surface area contributed by atoms with Crippen LogP contribution in [0.15, 0.2) is 46.4 Å². The van der Waals surface area contributed by atoms with E-state index in [1.54, 1.807) is 38.1 Å². The minimum absolute atomic E-state index is 0.0410. The summed E-state index contributed by atoms with van der Waals surface area (Å²) in [6.45, 7) is 3.53. The highest BCUT2D eigenvalue weighted by Gasteiger charge is 2.28. The first-order valence-corrected chi connectivity index (χ1v) is 12.2. The van der Waals surface area contributed by atoms with E-state index in [1.165, 1.54) is 29.5 Å². The molecule has 1 aliphatic carbocycles. The van der Waals surface area contributed by atoms with Gasteiger partial charge in [0.05, 0.1) is 16.6 Å². The standard InChI is InChI=1S/C26H23N3O6S/c1-15(2)34-26(31)23-20-5-3-4-6-22(20)36-25(23)28-24(30)17(14-27)13-19-11-12-21(35-19)16-7-9-18(10-8-16)29(32)33/h7-13,15H,3-6H2,1-2H3,(H,28,30). The van der Waals surface area contributed by atoms with Crippen molar-refractivity contribution in [3.8, 4) is 17.4 Å². The Bertz CT molecular complexity index is 1390. The van der Waals surface area contributed by atoms with Gasteiger partial charge in [0.1, 0.15) is 28.2 Å². The number of ether oxygens (including phenoxy) is 1. The quantitative estimate of drug-likeness (QED) is 0.139. The number of fused-ring (bicyclic) bond motifs is 1. The van der Waals surface area contributed by atoms with Crippen LogP contribution in [0.2, 0.25) is 0 Å². The number of amides is 1. The Morgan fingerprint density at radius 2 is 1.92 bits per heavy atom. The zero-order valence-corrected chi connectivity index (χ0v) is 20.5. The van der Waals surface area contributed by atoms with E-state index >= 15 is 0 Å². The lowest BCUT2D eigenvalue weighted by Gasteiger charge is -2.14. The Hall–Kier alpha value is -4.23. The molecule has 3 aromatic rings. The van der Waals surface area contributed by atoms with Crippen molar-refractivity contribution in [1.29, 1.82) is 5.26 Å². The molecule has 9 nitrogen and oxygen atoms in total. The number of non-ortho nitro benzene ring substituents is 1. The number of thiophene rings is 1. The predicted molar refractivity (Wildman–Crippen MR) is 135 cm³/mol. The number of carbonyl (C=O) groups excluding carboxylic acids is 2. The smallest absolute Gasteiger partial charge is 0.341 e. The zero-order valence-electron chi connectivity index (χ0n) is 19.7. The van der Waals surface area contributed by atoms with Crippen LogP contribution in [0.3, 0.4) is 0 Å². The van der Waals surface area contributed by atoms with Crippen molar-refractivity contribution in [3.05, 3.63) is 73.8 Å². The summed E-state index contributed by atoms with van der Waals surface area (Å²) in [5.74, 6) is -0.456. The lowest BCUT2D eigenvalue weighted by molar-refractivity contribution is -0.384. The Morgan fingerprint density at radius 3 is 2.58 bits per heavy atom. The van der Waals surface area contributed by atoms with E-state index in [9.17, 15) is 25.0 Å². The van der Waals surface area contributed by atoms with Crippen molar-refractivity contribution >= 4 is 40.0 Å². The first-order chi connectivity index (χ1) is 17.3. The van der Waals surface area contributed by atoms with Crippen LogP contribution < -0.4 is 5.32 Å². The number of nitriles is 1. The molecular weight excluding hydrogens is 482 g/mol. The molecule has 4 rings (SSSR count). The second-order valence-electron chi connectivity index (χ2n) is 8.50. The molecule has 0 saturated carbocycles. The molecule has 184 valence electrons. The number of anilines is 1. The highest BCUT2D eigenvalue weighted by atomic mass is 32.1. The molecule has 1 amide bonds. The number of aryl methyl sites for hydroxylation is 1. The SMILES string of the molecule is CC(C)OC(=O)c1c(NC(=O)C(C#N)=Cc2ccc(-c3ccc([N+](=O)[O-])cc3)o2)sc2c1CCCC2. The van der Waals surface area contributed by atoms with Crippen LogP contribution in [0, 0.1) is 21.4 Å². The lowest BCUT2D eigenvalue weighted by Crippen LogP contribution is -2.18. The van der Waals surface area contributed by atoms with Gasteiger partial charge in [0.25, 0.3) is 11.6 Å². The van der Waals surface area contributed by atoms with E-state index in [4.69, 9.17) is 9.15 Å². The summed E-state index contributed by atoms with van der Waals surface area (Å²) in [7, 11) is 0. The van der Waals surface area contributed by atoms with Gasteiger partial charge in [-0.15, -0.1) is 11.3 Å². The van der Waals surface area contributed by atoms with Crippen molar-refractivity contribution in [2.75, 3.05) is 5.32 Å². The zero-order chi connectivity index (χ0) is 25.8. The molecule has 10 heteroatoms. The van der Waals surface area contributed by atoms with E-state index in [2.05, 4.69) is 5.32 Å². The van der Waals surface area contributed by atoms with E-state index in [-0.39, 0.29) is 23.1 Å². The van der Waals surface area contributed by atoms with Gasteiger partial charge < -0.3 is 14.5 Å². The predicted octanol–water partition coefficient (Wildman–Crippen LogP) is 5.91. The highest BCUT2D eigenvalue weighted by molar-refractivity contribution is 7.17. The second-order valence-corrected chi connectivity index (χ2v) is 9.60. The number of hydrogen-bond acceptors (Lipinski definition) is 8. The fraction of sp³-hybridized carbons (Fsp3) is 0.269. The summed E-state index contributed by atoms with van der Waals surface area (Å²) in [5, 5.41) is 23.6. The molecule has 1 aliphatic rings. The fourth-order valence-corrected chi connectivity index (χ4v) is 5.21. The summed E-state index contributed by atoms with van der Waals surface area (Å²) >= 11 is 1.34. The maximum absolute atomic E-state index is 13.0. The number of carbonyl (C=O) groups is 2. The van der Waals surface area contributed by atoms with Gasteiger partial charge in [-0.2, -0.15) is 5.26 Å². The molecule has 0 saturated heterocycles. The van der Waals surface area contributed by atoms with E-state index in [1.807, 2.05) is 6.07 Å². The Balaban J connectivity index is 1.57. The van der Waals surface area contributed by atoms with Gasteiger partial charge in [0, 0.05) is 28.6 Å². The van der Waals surface area contributed by atoms with E-state index < -0.39 is 16.8 Å². The van der Waals surface area contributed by atoms with Crippen molar-refractivity contribution < 1.29 is 23.7 Å². The molecule has 0 bridgehead atoms. The van der Waals surface area contributed by atoms with Gasteiger partial charge in [-0.1, -0.05) is 0 Å². The van der Waals surface area contributed by atoms with Crippen molar-refractivity contribution in [2.24, 2.45) is 0 Å². The summed E-state index contributed by atoms with van der Waals surface area (Å²) in [6, 6.07) is 11.0. The first-order valence-electron chi connectivity index (χ1n) is 11.4. The van der Waals surface area contributed by atoms with Crippen LogP contribution in [-0.2, 0) is 22.4 Å². The third-order valence-corrected chi connectivity index (χ3v) is 6.79. The average Bonchev–Trinajstić information content (AvgIpc) is 3.46. The third kappa shape index (κ3) is 5.37. The monoisotopic (exact) mass is 505 g/mol. The molecule has 2 aromatic heterocycles. The number of nitrogens with zero attached hydrogens (tertiary/aromatic N) is 2. The van der Waals surface area contributed by atoms with Gasteiger partial charge >= 0.3 is 5.97 Å². The minimum atomic E-state index is -0.664.